The predicted molar refractivity (Wildman–Crippen MR) is 99.1 cm³/mol. The van der Waals surface area contributed by atoms with Crippen molar-refractivity contribution in [2.45, 2.75) is 63.9 Å². The van der Waals surface area contributed by atoms with Gasteiger partial charge in [-0.1, -0.05) is 45.7 Å². The minimum atomic E-state index is -0.977. The van der Waals surface area contributed by atoms with Crippen LogP contribution in [0.15, 0.2) is 29.2 Å². The van der Waals surface area contributed by atoms with Crippen molar-refractivity contribution in [2.24, 2.45) is 5.92 Å². The van der Waals surface area contributed by atoms with Crippen molar-refractivity contribution < 1.29 is 9.32 Å². The number of hydrogen-bond acceptors (Lipinski definition) is 3. The number of rotatable bonds is 12. The summed E-state index contributed by atoms with van der Waals surface area (Å²) in [5.41, 5.74) is 0.872. The van der Waals surface area contributed by atoms with E-state index < -0.39 is 16.9 Å². The van der Waals surface area contributed by atoms with E-state index in [0.29, 0.717) is 12.3 Å². The Balaban J connectivity index is 2.68. The quantitative estimate of drug-likeness (QED) is 0.565. The highest BCUT2D eigenvalue weighted by Crippen LogP contribution is 2.22. The first-order valence-corrected chi connectivity index (χ1v) is 10.3. The van der Waals surface area contributed by atoms with E-state index in [9.17, 15) is 9.32 Å². The van der Waals surface area contributed by atoms with Crippen molar-refractivity contribution in [3.63, 3.8) is 0 Å². The molecule has 3 nitrogen and oxygen atoms in total. The van der Waals surface area contributed by atoms with Crippen LogP contribution in [0.1, 0.15) is 64.5 Å². The maximum absolute atomic E-state index is 12.7. The lowest BCUT2D eigenvalue weighted by molar-refractivity contribution is 0.167. The molecule has 0 radical (unpaired) electrons. The Morgan fingerprint density at radius 3 is 2.43 bits per heavy atom. The molecule has 1 rings (SSSR count). The summed E-state index contributed by atoms with van der Waals surface area (Å²) in [4.78, 5) is 0.849. The number of hydrogen-bond donors (Lipinski definition) is 2. The Bertz CT molecular complexity index is 458. The SMILES string of the molecule is CCCC(CCC)CS(=O)c1cccc(C(O)CCNCC)c1. The third-order valence-corrected chi connectivity index (χ3v) is 5.69. The number of aliphatic hydroxyl groups is 1. The zero-order chi connectivity index (χ0) is 17.1. The lowest BCUT2D eigenvalue weighted by Gasteiger charge is -2.16. The topological polar surface area (TPSA) is 49.3 Å². The monoisotopic (exact) mass is 339 g/mol. The molecule has 0 aliphatic heterocycles. The van der Waals surface area contributed by atoms with Crippen molar-refractivity contribution in [1.82, 2.24) is 5.32 Å². The summed E-state index contributed by atoms with van der Waals surface area (Å²) in [6.45, 7) is 8.13. The van der Waals surface area contributed by atoms with Crippen LogP contribution in [0.4, 0.5) is 0 Å². The van der Waals surface area contributed by atoms with Crippen LogP contribution < -0.4 is 5.32 Å². The molecule has 2 N–H and O–H groups in total. The van der Waals surface area contributed by atoms with Gasteiger partial charge in [-0.05, 0) is 56.0 Å². The van der Waals surface area contributed by atoms with Crippen LogP contribution in [0.3, 0.4) is 0 Å². The molecule has 0 aliphatic rings. The Hall–Kier alpha value is -0.710. The molecule has 2 unspecified atom stereocenters. The smallest absolute Gasteiger partial charge is 0.0802 e. The summed E-state index contributed by atoms with van der Waals surface area (Å²) in [6, 6.07) is 7.67. The molecule has 1 aromatic carbocycles. The van der Waals surface area contributed by atoms with E-state index in [-0.39, 0.29) is 0 Å². The maximum Gasteiger partial charge on any atom is 0.0802 e. The van der Waals surface area contributed by atoms with Crippen molar-refractivity contribution in [3.8, 4) is 0 Å². The van der Waals surface area contributed by atoms with Crippen LogP contribution in [-0.2, 0) is 10.8 Å². The van der Waals surface area contributed by atoms with Crippen LogP contribution in [0.2, 0.25) is 0 Å². The van der Waals surface area contributed by atoms with Crippen molar-refractivity contribution in [3.05, 3.63) is 29.8 Å². The highest BCUT2D eigenvalue weighted by Gasteiger charge is 2.15. The second-order valence-electron chi connectivity index (χ2n) is 6.19. The second-order valence-corrected chi connectivity index (χ2v) is 7.68. The second kappa shape index (κ2) is 11.8. The van der Waals surface area contributed by atoms with Gasteiger partial charge >= 0.3 is 0 Å². The van der Waals surface area contributed by atoms with Crippen molar-refractivity contribution >= 4 is 10.8 Å². The molecule has 0 amide bonds. The van der Waals surface area contributed by atoms with Gasteiger partial charge in [0.15, 0.2) is 0 Å². The van der Waals surface area contributed by atoms with Crippen molar-refractivity contribution in [2.75, 3.05) is 18.8 Å². The van der Waals surface area contributed by atoms with Gasteiger partial charge in [0.25, 0.3) is 0 Å². The lowest BCUT2D eigenvalue weighted by atomic mass is 10.0. The van der Waals surface area contributed by atoms with E-state index >= 15 is 0 Å². The molecule has 0 aliphatic carbocycles. The molecular formula is C19H33NO2S. The van der Waals surface area contributed by atoms with Crippen LogP contribution in [0.5, 0.6) is 0 Å². The van der Waals surface area contributed by atoms with Gasteiger partial charge in [0.05, 0.1) is 16.9 Å². The van der Waals surface area contributed by atoms with Gasteiger partial charge in [0.2, 0.25) is 0 Å². The van der Waals surface area contributed by atoms with Crippen molar-refractivity contribution in [1.29, 1.82) is 0 Å². The first-order valence-electron chi connectivity index (χ1n) is 8.99. The molecule has 0 heterocycles. The van der Waals surface area contributed by atoms with E-state index in [2.05, 4.69) is 26.1 Å². The zero-order valence-electron chi connectivity index (χ0n) is 14.9. The summed E-state index contributed by atoms with van der Waals surface area (Å²) in [5, 5.41) is 13.5. The average Bonchev–Trinajstić information content (AvgIpc) is 2.55. The Kier molecular flexibility index (Phi) is 10.4. The van der Waals surface area contributed by atoms with Gasteiger partial charge in [-0.25, -0.2) is 0 Å². The zero-order valence-corrected chi connectivity index (χ0v) is 15.7. The van der Waals surface area contributed by atoms with Gasteiger partial charge in [-0.2, -0.15) is 0 Å². The molecule has 0 bridgehead atoms. The molecule has 2 atom stereocenters. The van der Waals surface area contributed by atoms with E-state index in [1.807, 2.05) is 24.3 Å². The van der Waals surface area contributed by atoms with Gasteiger partial charge < -0.3 is 10.4 Å². The first kappa shape index (κ1) is 20.3. The molecule has 23 heavy (non-hydrogen) atoms. The Morgan fingerprint density at radius 2 is 1.83 bits per heavy atom. The third kappa shape index (κ3) is 7.60. The minimum absolute atomic E-state index is 0.493. The van der Waals surface area contributed by atoms with Gasteiger partial charge in [0.1, 0.15) is 0 Å². The highest BCUT2D eigenvalue weighted by molar-refractivity contribution is 7.85. The summed E-state index contributed by atoms with van der Waals surface area (Å²) in [5.74, 6) is 1.27. The molecule has 0 fully saturated rings. The summed E-state index contributed by atoms with van der Waals surface area (Å²) >= 11 is 0. The third-order valence-electron chi connectivity index (χ3n) is 4.13. The van der Waals surface area contributed by atoms with E-state index in [1.165, 1.54) is 0 Å². The fourth-order valence-electron chi connectivity index (χ4n) is 2.88. The molecule has 0 saturated carbocycles. The summed E-state index contributed by atoms with van der Waals surface area (Å²) in [6.07, 6.45) is 4.76. The van der Waals surface area contributed by atoms with Gasteiger partial charge in [-0.15, -0.1) is 0 Å². The van der Waals surface area contributed by atoms with Gasteiger partial charge in [-0.3, -0.25) is 4.21 Å². The van der Waals surface area contributed by atoms with Crippen LogP contribution in [-0.4, -0.2) is 28.2 Å². The first-order chi connectivity index (χ1) is 11.1. The molecular weight excluding hydrogens is 306 g/mol. The molecule has 132 valence electrons. The highest BCUT2D eigenvalue weighted by atomic mass is 32.2. The maximum atomic E-state index is 12.7. The molecule has 0 aromatic heterocycles. The average molecular weight is 340 g/mol. The fraction of sp³-hybridized carbons (Fsp3) is 0.684. The molecule has 0 saturated heterocycles. The fourth-order valence-corrected chi connectivity index (χ4v) is 4.34. The summed E-state index contributed by atoms with van der Waals surface area (Å²) < 4.78 is 12.7. The normalized spacial score (nSPS) is 14.1. The van der Waals surface area contributed by atoms with Gasteiger partial charge in [0, 0.05) is 10.6 Å². The van der Waals surface area contributed by atoms with E-state index in [1.54, 1.807) is 0 Å². The molecule has 1 aromatic rings. The largest absolute Gasteiger partial charge is 0.388 e. The Morgan fingerprint density at radius 1 is 1.13 bits per heavy atom. The number of benzene rings is 1. The van der Waals surface area contributed by atoms with E-state index in [4.69, 9.17) is 0 Å². The standard InChI is InChI=1S/C19H33NO2S/c1-4-8-16(9-5-2)15-23(22)18-11-7-10-17(14-18)19(21)12-13-20-6-3/h7,10-11,14,16,19-21H,4-6,8-9,12-13,15H2,1-3H3. The van der Waals surface area contributed by atoms with Crippen LogP contribution in [0.25, 0.3) is 0 Å². The lowest BCUT2D eigenvalue weighted by Crippen LogP contribution is -2.17. The molecule has 4 heteroatoms. The predicted octanol–water partition coefficient (Wildman–Crippen LogP) is 4.04. The minimum Gasteiger partial charge on any atom is -0.388 e. The Labute approximate surface area is 144 Å². The summed E-state index contributed by atoms with van der Waals surface area (Å²) in [7, 11) is -0.977. The number of aliphatic hydroxyl groups excluding tert-OH is 1. The van der Waals surface area contributed by atoms with E-state index in [0.717, 1.165) is 55.0 Å². The van der Waals surface area contributed by atoms with Crippen LogP contribution >= 0.6 is 0 Å². The van der Waals surface area contributed by atoms with Crippen LogP contribution in [0, 0.1) is 5.92 Å². The molecule has 0 spiro atoms. The number of nitrogens with one attached hydrogen (secondary N) is 1.